The Balaban J connectivity index is 1.25. The van der Waals surface area contributed by atoms with Gasteiger partial charge in [-0.15, -0.1) is 0 Å². The maximum absolute atomic E-state index is 5.94. The van der Waals surface area contributed by atoms with E-state index < -0.39 is 0 Å². The second-order valence-corrected chi connectivity index (χ2v) is 45.5. The van der Waals surface area contributed by atoms with Gasteiger partial charge in [-0.3, -0.25) is 4.90 Å². The topological polar surface area (TPSA) is 214 Å². The van der Waals surface area contributed by atoms with E-state index in [1.54, 1.807) is 0 Å². The van der Waals surface area contributed by atoms with Crippen LogP contribution in [0.15, 0.2) is 0 Å². The zero-order chi connectivity index (χ0) is 85.6. The van der Waals surface area contributed by atoms with Crippen molar-refractivity contribution in [1.29, 1.82) is 0 Å². The molecule has 662 valence electrons. The van der Waals surface area contributed by atoms with Gasteiger partial charge in [-0.25, -0.2) is 0 Å². The highest BCUT2D eigenvalue weighted by Crippen LogP contribution is 2.49. The molecule has 5 aliphatic heterocycles. The Bertz CT molecular complexity index is 3340. The van der Waals surface area contributed by atoms with Crippen molar-refractivity contribution in [2.45, 2.75) is 460 Å². The number of anilines is 9. The van der Waals surface area contributed by atoms with Crippen molar-refractivity contribution >= 4 is 53.5 Å². The maximum Gasteiger partial charge on any atom is 0.232 e. The second kappa shape index (κ2) is 37.8. The van der Waals surface area contributed by atoms with Gasteiger partial charge in [-0.2, -0.15) is 44.9 Å². The highest BCUT2D eigenvalue weighted by atomic mass is 15.4. The van der Waals surface area contributed by atoms with Crippen LogP contribution in [0.1, 0.15) is 368 Å². The van der Waals surface area contributed by atoms with Crippen LogP contribution in [0.4, 0.5) is 53.5 Å². The van der Waals surface area contributed by atoms with E-state index in [4.69, 9.17) is 44.9 Å². The summed E-state index contributed by atoms with van der Waals surface area (Å²) in [6.45, 7) is 78.7. The lowest BCUT2D eigenvalue weighted by atomic mass is 9.63. The molecule has 0 unspecified atom stereocenters. The average Bonchev–Trinajstić information content (AvgIpc) is 0.762. The Morgan fingerprint density at radius 2 is 0.474 bits per heavy atom. The van der Waals surface area contributed by atoms with Crippen molar-refractivity contribution in [2.24, 2.45) is 10.8 Å². The molecule has 5 saturated heterocycles. The average molecular weight is 1620 g/mol. The van der Waals surface area contributed by atoms with E-state index in [0.717, 1.165) is 229 Å². The molecule has 0 radical (unpaired) electrons. The molecule has 8 heterocycles. The molecule has 0 amide bonds. The first-order valence-electron chi connectivity index (χ1n) is 46.9. The molecule has 23 heteroatoms. The first kappa shape index (κ1) is 94.9. The molecule has 0 atom stereocenters. The number of unbranched alkanes of at least 4 members (excludes halogenated alkanes) is 6. The molecule has 9 rings (SSSR count). The SMILES string of the molecule is CCCCN(c1nc(NCCN(CCNc2nc(N(CCCC)C3CC(C)(C)NC(C)(C)C3)nc(N(CCCC)C3CC(C)(C)N(C)C(C)(C)C3)n2)c2nc(N(CCCC)C3CC(C)(C)NC(C)(C)C3)nc(N(CCCC)C3CC(C)(C)NC(C)(C)C3)n2)nc(N(CCCC)C2CC(C)(C)NC(C)(C)C2)n1)C1CC(C)(C)CC(C)(C)C1. The van der Waals surface area contributed by atoms with Crippen molar-refractivity contribution in [2.75, 3.05) is 117 Å². The van der Waals surface area contributed by atoms with Crippen LogP contribution in [-0.4, -0.2) is 214 Å². The van der Waals surface area contributed by atoms with Gasteiger partial charge in [-0.05, 0) is 278 Å². The molecule has 0 aromatic carbocycles. The minimum Gasteiger partial charge on any atom is -0.352 e. The zero-order valence-electron chi connectivity index (χ0n) is 80.3. The molecule has 3 aromatic heterocycles. The highest BCUT2D eigenvalue weighted by Gasteiger charge is 2.50. The lowest BCUT2D eigenvalue weighted by Crippen LogP contribution is -2.63. The highest BCUT2D eigenvalue weighted by molar-refractivity contribution is 5.52. The van der Waals surface area contributed by atoms with E-state index in [1.807, 2.05) is 0 Å². The van der Waals surface area contributed by atoms with Crippen LogP contribution in [0.5, 0.6) is 0 Å². The molecule has 6 aliphatic rings. The van der Waals surface area contributed by atoms with Crippen LogP contribution >= 0.6 is 0 Å². The van der Waals surface area contributed by atoms with Crippen LogP contribution in [0.3, 0.4) is 0 Å². The third kappa shape index (κ3) is 26.0. The van der Waals surface area contributed by atoms with Crippen molar-refractivity contribution in [1.82, 2.24) is 71.0 Å². The first-order valence-corrected chi connectivity index (χ1v) is 46.9. The Labute approximate surface area is 709 Å². The van der Waals surface area contributed by atoms with Gasteiger partial charge in [0.2, 0.25) is 53.5 Å². The minimum atomic E-state index is -0.118. The third-order valence-corrected chi connectivity index (χ3v) is 26.6. The van der Waals surface area contributed by atoms with E-state index in [1.165, 1.54) is 6.42 Å². The zero-order valence-corrected chi connectivity index (χ0v) is 80.3. The Morgan fingerprint density at radius 3 is 0.698 bits per heavy atom. The number of piperidine rings is 5. The van der Waals surface area contributed by atoms with Crippen LogP contribution < -0.4 is 66.2 Å². The summed E-state index contributed by atoms with van der Waals surface area (Å²) < 4.78 is 0. The third-order valence-electron chi connectivity index (χ3n) is 26.6. The molecule has 23 nitrogen and oxygen atoms in total. The van der Waals surface area contributed by atoms with Crippen LogP contribution in [0.2, 0.25) is 0 Å². The quantitative estimate of drug-likeness (QED) is 0.0313. The second-order valence-electron chi connectivity index (χ2n) is 45.5. The fraction of sp³-hybridized carbons (Fsp3) is 0.903. The van der Waals surface area contributed by atoms with Gasteiger partial charge in [0.05, 0.1) is 0 Å². The molecule has 1 aliphatic carbocycles. The van der Waals surface area contributed by atoms with Gasteiger partial charge < -0.3 is 66.2 Å². The van der Waals surface area contributed by atoms with Gasteiger partial charge >= 0.3 is 0 Å². The normalized spacial score (nSPS) is 23.0. The van der Waals surface area contributed by atoms with E-state index in [0.29, 0.717) is 44.0 Å². The number of likely N-dealkylation sites (tertiary alicyclic amines) is 1. The number of aromatic nitrogens is 9. The number of nitrogens with zero attached hydrogens (tertiary/aromatic N) is 17. The van der Waals surface area contributed by atoms with E-state index in [9.17, 15) is 0 Å². The van der Waals surface area contributed by atoms with Crippen molar-refractivity contribution in [3.63, 3.8) is 0 Å². The first-order chi connectivity index (χ1) is 53.8. The lowest BCUT2D eigenvalue weighted by molar-refractivity contribution is -0.0129. The van der Waals surface area contributed by atoms with Crippen molar-refractivity contribution in [3.05, 3.63) is 0 Å². The summed E-state index contributed by atoms with van der Waals surface area (Å²) in [6.07, 6.45) is 25.6. The van der Waals surface area contributed by atoms with E-state index in [-0.39, 0.29) is 102 Å². The van der Waals surface area contributed by atoms with E-state index >= 15 is 0 Å². The molecule has 6 fully saturated rings. The Morgan fingerprint density at radius 1 is 0.276 bits per heavy atom. The van der Waals surface area contributed by atoms with Crippen molar-refractivity contribution in [3.8, 4) is 0 Å². The standard InChI is InChI=1S/C93H175N23/c1-32-38-46-111(67-54-82(7,8)66-83(9,10)55-67)76-96-73(97-77(102-76)112(47-39-33-2)68-56-84(11,12)105-85(13,14)57-68)94-44-52-110(75-100-80(114(49-41-35-4)70-60-88(19,20)107-89(21,22)61-70)104-81(101-75)115(50-42-36-5)71-62-90(23,24)108-91(25,26)63-71)53-45-95-74-98-78(113(48-40-34-3)69-58-86(15,16)106-87(17,18)59-69)103-79(99-74)116(51-43-37-6)72-64-92(27,28)109(31)93(29,30)65-72/h67-72,105-108H,32-66H2,1-31H3,(H,94,96,97,102)(H,95,98,99,103). The molecule has 116 heavy (non-hydrogen) atoms. The molecule has 0 spiro atoms. The summed E-state index contributed by atoms with van der Waals surface area (Å²) in [5.74, 6) is 6.48. The van der Waals surface area contributed by atoms with Gasteiger partial charge in [0, 0.05) is 157 Å². The molecule has 0 bridgehead atoms. The summed E-state index contributed by atoms with van der Waals surface area (Å²) in [4.78, 5) is 72.6. The molecular formula is C93H175N23. The summed E-state index contributed by atoms with van der Waals surface area (Å²) in [7, 11) is 2.32. The smallest absolute Gasteiger partial charge is 0.232 e. The molecule has 3 aromatic rings. The van der Waals surface area contributed by atoms with Crippen LogP contribution in [0.25, 0.3) is 0 Å². The molecule has 6 N–H and O–H groups in total. The number of hydrogen-bond donors (Lipinski definition) is 6. The monoisotopic (exact) mass is 1610 g/mol. The lowest BCUT2D eigenvalue weighted by Gasteiger charge is -2.55. The van der Waals surface area contributed by atoms with Gasteiger partial charge in [0.1, 0.15) is 0 Å². The summed E-state index contributed by atoms with van der Waals surface area (Å²) in [6, 6.07) is 1.26. The van der Waals surface area contributed by atoms with Gasteiger partial charge in [0.15, 0.2) is 0 Å². The predicted molar refractivity (Wildman–Crippen MR) is 494 cm³/mol. The molecular weight excluding hydrogens is 1440 g/mol. The number of nitrogens with one attached hydrogen (secondary N) is 6. The summed E-state index contributed by atoms with van der Waals surface area (Å²) in [5.41, 5.74) is -0.618. The molecule has 1 saturated carbocycles. The summed E-state index contributed by atoms with van der Waals surface area (Å²) in [5, 5.41) is 24.1. The Kier molecular flexibility index (Phi) is 30.9. The largest absolute Gasteiger partial charge is 0.352 e. The van der Waals surface area contributed by atoms with Crippen LogP contribution in [0, 0.1) is 10.8 Å². The van der Waals surface area contributed by atoms with Gasteiger partial charge in [0.25, 0.3) is 0 Å². The summed E-state index contributed by atoms with van der Waals surface area (Å²) >= 11 is 0. The van der Waals surface area contributed by atoms with Gasteiger partial charge in [-0.1, -0.05) is 108 Å². The van der Waals surface area contributed by atoms with Crippen molar-refractivity contribution < 1.29 is 0 Å². The van der Waals surface area contributed by atoms with Crippen LogP contribution in [-0.2, 0) is 0 Å². The van der Waals surface area contributed by atoms with E-state index in [2.05, 4.69) is 286 Å². The number of rotatable bonds is 39. The Hall–Kier alpha value is -4.97. The number of hydrogen-bond acceptors (Lipinski definition) is 23. The fourth-order valence-electron chi connectivity index (χ4n) is 23.2. The minimum absolute atomic E-state index is 0.0500. The predicted octanol–water partition coefficient (Wildman–Crippen LogP) is 18.4. The fourth-order valence-corrected chi connectivity index (χ4v) is 23.2. The maximum atomic E-state index is 5.94.